The third-order valence-corrected chi connectivity index (χ3v) is 6.23. The van der Waals surface area contributed by atoms with Crippen LogP contribution in [-0.4, -0.2) is 48.2 Å². The van der Waals surface area contributed by atoms with E-state index in [-0.39, 0.29) is 12.5 Å². The average molecular weight is 473 g/mol. The maximum absolute atomic E-state index is 13.3. The summed E-state index contributed by atoms with van der Waals surface area (Å²) in [6, 6.07) is 6.11. The number of rotatable bonds is 3. The van der Waals surface area contributed by atoms with E-state index in [2.05, 4.69) is 54.2 Å². The Kier molecular flexibility index (Phi) is 6.30. The number of benzene rings is 1. The summed E-state index contributed by atoms with van der Waals surface area (Å²) in [5, 5.41) is 2.82. The molecule has 4 nitrogen and oxygen atoms in total. The molecule has 2 aliphatic rings. The molecule has 2 amide bonds. The van der Waals surface area contributed by atoms with Crippen LogP contribution in [0.2, 0.25) is 0 Å². The molecule has 0 spiro atoms. The second kappa shape index (κ2) is 8.47. The van der Waals surface area contributed by atoms with Gasteiger partial charge in [-0.3, -0.25) is 4.90 Å². The summed E-state index contributed by atoms with van der Waals surface area (Å²) in [6.45, 7) is 3.86. The summed E-state index contributed by atoms with van der Waals surface area (Å²) in [4.78, 5) is 16.4. The summed E-state index contributed by atoms with van der Waals surface area (Å²) < 4.78 is 15.4. The van der Waals surface area contributed by atoms with Crippen LogP contribution < -0.4 is 5.32 Å². The number of piperazine rings is 1. The van der Waals surface area contributed by atoms with Crippen molar-refractivity contribution in [2.45, 2.75) is 19.1 Å². The minimum absolute atomic E-state index is 0.139. The van der Waals surface area contributed by atoms with E-state index in [0.717, 1.165) is 28.6 Å². The van der Waals surface area contributed by atoms with Crippen molar-refractivity contribution in [1.82, 2.24) is 15.1 Å². The zero-order chi connectivity index (χ0) is 17.8. The fourth-order valence-corrected chi connectivity index (χ4v) is 3.63. The number of halogens is 3. The van der Waals surface area contributed by atoms with E-state index in [1.54, 1.807) is 17.1 Å². The molecule has 1 N–H and O–H groups in total. The van der Waals surface area contributed by atoms with Crippen molar-refractivity contribution in [3.05, 3.63) is 56.6 Å². The van der Waals surface area contributed by atoms with E-state index in [1.807, 2.05) is 6.07 Å². The molecule has 1 aliphatic heterocycles. The lowest BCUT2D eigenvalue weighted by atomic mass is 10.1. The molecular weight excluding hydrogens is 453 g/mol. The Morgan fingerprint density at radius 1 is 1.20 bits per heavy atom. The second-order valence-corrected chi connectivity index (χ2v) is 7.95. The average Bonchev–Trinajstić information content (AvgIpc) is 2.59. The van der Waals surface area contributed by atoms with Gasteiger partial charge in [0.2, 0.25) is 0 Å². The van der Waals surface area contributed by atoms with Crippen LogP contribution in [0.1, 0.15) is 12.0 Å². The van der Waals surface area contributed by atoms with E-state index in [9.17, 15) is 9.18 Å². The van der Waals surface area contributed by atoms with Gasteiger partial charge in [-0.05, 0) is 55.6 Å². The van der Waals surface area contributed by atoms with E-state index in [0.29, 0.717) is 18.8 Å². The van der Waals surface area contributed by atoms with Gasteiger partial charge in [0.05, 0.1) is 0 Å². The van der Waals surface area contributed by atoms with Gasteiger partial charge in [0, 0.05) is 53.8 Å². The Balaban J connectivity index is 1.48. The summed E-state index contributed by atoms with van der Waals surface area (Å²) in [6.07, 6.45) is 4.13. The Labute approximate surface area is 164 Å². The first kappa shape index (κ1) is 18.6. The molecule has 1 aliphatic carbocycles. The summed E-state index contributed by atoms with van der Waals surface area (Å²) in [5.41, 5.74) is 1.88. The molecule has 7 heteroatoms. The van der Waals surface area contributed by atoms with Gasteiger partial charge in [0.25, 0.3) is 0 Å². The molecular formula is C18H20Br2FN3O. The Morgan fingerprint density at radius 3 is 2.64 bits per heavy atom. The minimum Gasteiger partial charge on any atom is -0.322 e. The number of alkyl halides is 1. The van der Waals surface area contributed by atoms with Gasteiger partial charge in [0.15, 0.2) is 0 Å². The lowest BCUT2D eigenvalue weighted by Gasteiger charge is -2.35. The van der Waals surface area contributed by atoms with Gasteiger partial charge in [-0.15, -0.1) is 0 Å². The van der Waals surface area contributed by atoms with E-state index in [4.69, 9.17) is 0 Å². The number of amides is 2. The van der Waals surface area contributed by atoms with Gasteiger partial charge in [-0.25, -0.2) is 9.18 Å². The number of carbonyl (C=O) groups is 1. The van der Waals surface area contributed by atoms with Crippen molar-refractivity contribution >= 4 is 37.9 Å². The molecule has 1 aromatic rings. The molecule has 1 aromatic carbocycles. The standard InChI is InChI=1S/C18H20Br2FN3O/c19-16-5-4-13(10-17(16)20)12-23-6-8-24(9-7-23)18(25)22-15-3-1-2-14(21)11-15/h1-5,10,14H,6-9,11-12H2,(H,22,25). The predicted octanol–water partition coefficient (Wildman–Crippen LogP) is 4.22. The zero-order valence-electron chi connectivity index (χ0n) is 13.7. The highest BCUT2D eigenvalue weighted by Crippen LogP contribution is 2.24. The van der Waals surface area contributed by atoms with Crippen molar-refractivity contribution in [2.24, 2.45) is 0 Å². The van der Waals surface area contributed by atoms with Gasteiger partial charge in [-0.1, -0.05) is 18.2 Å². The van der Waals surface area contributed by atoms with Crippen LogP contribution in [0.3, 0.4) is 0 Å². The molecule has 0 bridgehead atoms. The van der Waals surface area contributed by atoms with E-state index < -0.39 is 6.17 Å². The number of allylic oxidation sites excluding steroid dienone is 4. The molecule has 0 saturated carbocycles. The maximum atomic E-state index is 13.3. The van der Waals surface area contributed by atoms with Gasteiger partial charge >= 0.3 is 6.03 Å². The molecule has 134 valence electrons. The first-order chi connectivity index (χ1) is 12.0. The topological polar surface area (TPSA) is 35.6 Å². The third-order valence-electron chi connectivity index (χ3n) is 4.35. The zero-order valence-corrected chi connectivity index (χ0v) is 16.9. The minimum atomic E-state index is -1.01. The lowest BCUT2D eigenvalue weighted by Crippen LogP contribution is -2.51. The second-order valence-electron chi connectivity index (χ2n) is 6.24. The smallest absolute Gasteiger partial charge is 0.321 e. The van der Waals surface area contributed by atoms with Crippen LogP contribution in [-0.2, 0) is 6.54 Å². The molecule has 1 unspecified atom stereocenters. The predicted molar refractivity (Wildman–Crippen MR) is 104 cm³/mol. The SMILES string of the molecule is O=C(NC1=CC=CC(F)C1)N1CCN(Cc2ccc(Br)c(Br)c2)CC1. The van der Waals surface area contributed by atoms with Crippen molar-refractivity contribution < 1.29 is 9.18 Å². The molecule has 1 fully saturated rings. The normalized spacial score (nSPS) is 21.2. The number of nitrogens with one attached hydrogen (secondary N) is 1. The van der Waals surface area contributed by atoms with Gasteiger partial charge in [0.1, 0.15) is 6.17 Å². The van der Waals surface area contributed by atoms with Crippen LogP contribution in [0.15, 0.2) is 51.1 Å². The van der Waals surface area contributed by atoms with E-state index >= 15 is 0 Å². The maximum Gasteiger partial charge on any atom is 0.321 e. The number of carbonyl (C=O) groups excluding carboxylic acids is 1. The number of hydrogen-bond acceptors (Lipinski definition) is 2. The monoisotopic (exact) mass is 471 g/mol. The fourth-order valence-electron chi connectivity index (χ4n) is 2.95. The van der Waals surface area contributed by atoms with Crippen molar-refractivity contribution in [3.63, 3.8) is 0 Å². The highest BCUT2D eigenvalue weighted by Gasteiger charge is 2.22. The molecule has 0 radical (unpaired) electrons. The first-order valence-corrected chi connectivity index (χ1v) is 9.83. The molecule has 0 aromatic heterocycles. The first-order valence-electron chi connectivity index (χ1n) is 8.25. The quantitative estimate of drug-likeness (QED) is 0.714. The third kappa shape index (κ3) is 5.15. The van der Waals surface area contributed by atoms with Crippen LogP contribution in [0.4, 0.5) is 9.18 Å². The molecule has 25 heavy (non-hydrogen) atoms. The van der Waals surface area contributed by atoms with Gasteiger partial charge < -0.3 is 10.2 Å². The van der Waals surface area contributed by atoms with E-state index in [1.165, 1.54) is 11.6 Å². The van der Waals surface area contributed by atoms with Crippen molar-refractivity contribution in [2.75, 3.05) is 26.2 Å². The van der Waals surface area contributed by atoms with Crippen LogP contribution in [0.25, 0.3) is 0 Å². The largest absolute Gasteiger partial charge is 0.322 e. The van der Waals surface area contributed by atoms with Crippen molar-refractivity contribution in [1.29, 1.82) is 0 Å². The summed E-state index contributed by atoms with van der Waals surface area (Å²) >= 11 is 7.01. The number of urea groups is 1. The van der Waals surface area contributed by atoms with Crippen LogP contribution >= 0.6 is 31.9 Å². The lowest BCUT2D eigenvalue weighted by molar-refractivity contribution is 0.136. The fraction of sp³-hybridized carbons (Fsp3) is 0.389. The summed E-state index contributed by atoms with van der Waals surface area (Å²) in [5.74, 6) is 0. The number of hydrogen-bond donors (Lipinski definition) is 1. The number of nitrogens with zero attached hydrogens (tertiary/aromatic N) is 2. The van der Waals surface area contributed by atoms with Crippen LogP contribution in [0, 0.1) is 0 Å². The molecule has 1 atom stereocenters. The Bertz CT molecular complexity index is 700. The highest BCUT2D eigenvalue weighted by molar-refractivity contribution is 9.13. The highest BCUT2D eigenvalue weighted by atomic mass is 79.9. The molecule has 3 rings (SSSR count). The summed E-state index contributed by atoms with van der Waals surface area (Å²) in [7, 11) is 0. The molecule has 1 heterocycles. The molecule has 1 saturated heterocycles. The Morgan fingerprint density at radius 2 is 1.96 bits per heavy atom. The Hall–Kier alpha value is -1.18. The van der Waals surface area contributed by atoms with Crippen LogP contribution in [0.5, 0.6) is 0 Å². The van der Waals surface area contributed by atoms with Gasteiger partial charge in [-0.2, -0.15) is 0 Å². The van der Waals surface area contributed by atoms with Crippen molar-refractivity contribution in [3.8, 4) is 0 Å².